The van der Waals surface area contributed by atoms with Crippen molar-refractivity contribution in [1.29, 1.82) is 0 Å². The lowest BCUT2D eigenvalue weighted by molar-refractivity contribution is -0.121. The van der Waals surface area contributed by atoms with Gasteiger partial charge in [-0.25, -0.2) is 4.79 Å². The Morgan fingerprint density at radius 3 is 2.77 bits per heavy atom. The lowest BCUT2D eigenvalue weighted by atomic mass is 9.96. The quantitative estimate of drug-likeness (QED) is 0.612. The summed E-state index contributed by atoms with van der Waals surface area (Å²) >= 11 is 0. The molecule has 2 unspecified atom stereocenters. The van der Waals surface area contributed by atoms with Crippen molar-refractivity contribution in [2.75, 3.05) is 4.90 Å². The zero-order valence-corrected chi connectivity index (χ0v) is 13.3. The SMILES string of the molecule is CCCCCCC1CC2(C)OC(=O)c3ccccc3N2C1=O. The van der Waals surface area contributed by atoms with Gasteiger partial charge in [0.25, 0.3) is 0 Å². The molecule has 0 aromatic heterocycles. The Balaban J connectivity index is 1.82. The molecule has 1 fully saturated rings. The number of fused-ring (bicyclic) bond motifs is 3. The average molecular weight is 301 g/mol. The lowest BCUT2D eigenvalue weighted by Crippen LogP contribution is -2.50. The maximum absolute atomic E-state index is 12.8. The van der Waals surface area contributed by atoms with E-state index in [0.717, 1.165) is 19.3 Å². The predicted octanol–water partition coefficient (Wildman–Crippen LogP) is 3.90. The van der Waals surface area contributed by atoms with Crippen molar-refractivity contribution in [2.24, 2.45) is 5.92 Å². The largest absolute Gasteiger partial charge is 0.435 e. The van der Waals surface area contributed by atoms with E-state index in [-0.39, 0.29) is 17.8 Å². The van der Waals surface area contributed by atoms with Gasteiger partial charge in [-0.2, -0.15) is 0 Å². The van der Waals surface area contributed by atoms with E-state index in [2.05, 4.69) is 6.92 Å². The van der Waals surface area contributed by atoms with Crippen LogP contribution in [0.25, 0.3) is 0 Å². The van der Waals surface area contributed by atoms with E-state index in [0.29, 0.717) is 17.7 Å². The molecule has 0 radical (unpaired) electrons. The highest BCUT2D eigenvalue weighted by Crippen LogP contribution is 2.45. The second-order valence-corrected chi connectivity index (χ2v) is 6.51. The number of para-hydroxylation sites is 1. The number of amides is 1. The molecule has 3 rings (SSSR count). The van der Waals surface area contributed by atoms with Gasteiger partial charge in [0.05, 0.1) is 11.3 Å². The molecule has 118 valence electrons. The minimum atomic E-state index is -0.821. The van der Waals surface area contributed by atoms with Gasteiger partial charge in [-0.15, -0.1) is 0 Å². The van der Waals surface area contributed by atoms with Crippen LogP contribution in [-0.2, 0) is 9.53 Å². The maximum Gasteiger partial charge on any atom is 0.342 e. The molecule has 4 nitrogen and oxygen atoms in total. The summed E-state index contributed by atoms with van der Waals surface area (Å²) in [4.78, 5) is 26.7. The molecule has 0 spiro atoms. The summed E-state index contributed by atoms with van der Waals surface area (Å²) in [6, 6.07) is 7.22. The minimum absolute atomic E-state index is 0.0409. The summed E-state index contributed by atoms with van der Waals surface area (Å²) in [5, 5.41) is 0. The molecule has 1 saturated heterocycles. The van der Waals surface area contributed by atoms with Crippen LogP contribution >= 0.6 is 0 Å². The molecule has 2 heterocycles. The summed E-state index contributed by atoms with van der Waals surface area (Å²) < 4.78 is 5.62. The van der Waals surface area contributed by atoms with Crippen molar-refractivity contribution in [3.05, 3.63) is 29.8 Å². The lowest BCUT2D eigenvalue weighted by Gasteiger charge is -2.39. The van der Waals surface area contributed by atoms with E-state index in [4.69, 9.17) is 4.74 Å². The van der Waals surface area contributed by atoms with Gasteiger partial charge in [0, 0.05) is 12.3 Å². The number of hydrogen-bond donors (Lipinski definition) is 0. The Morgan fingerprint density at radius 1 is 1.23 bits per heavy atom. The number of carbonyl (C=O) groups excluding carboxylic acids is 2. The van der Waals surface area contributed by atoms with Gasteiger partial charge in [0.2, 0.25) is 5.91 Å². The molecule has 1 amide bonds. The number of rotatable bonds is 5. The van der Waals surface area contributed by atoms with Gasteiger partial charge < -0.3 is 4.74 Å². The number of hydrogen-bond acceptors (Lipinski definition) is 3. The van der Waals surface area contributed by atoms with Gasteiger partial charge in [-0.05, 0) is 25.5 Å². The summed E-state index contributed by atoms with van der Waals surface area (Å²) in [6.45, 7) is 4.03. The number of unbranched alkanes of at least 4 members (excludes halogenated alkanes) is 3. The van der Waals surface area contributed by atoms with Gasteiger partial charge in [0.15, 0.2) is 5.72 Å². The van der Waals surface area contributed by atoms with Gasteiger partial charge >= 0.3 is 5.97 Å². The molecule has 0 saturated carbocycles. The highest BCUT2D eigenvalue weighted by Gasteiger charge is 2.54. The summed E-state index contributed by atoms with van der Waals surface area (Å²) in [6.07, 6.45) is 6.09. The molecular weight excluding hydrogens is 278 g/mol. The summed E-state index contributed by atoms with van der Waals surface area (Å²) in [5.41, 5.74) is 0.361. The first-order chi connectivity index (χ1) is 10.6. The van der Waals surface area contributed by atoms with Crippen molar-refractivity contribution >= 4 is 17.6 Å². The van der Waals surface area contributed by atoms with E-state index in [1.165, 1.54) is 12.8 Å². The Hall–Kier alpha value is -1.84. The smallest absolute Gasteiger partial charge is 0.342 e. The predicted molar refractivity (Wildman–Crippen MR) is 84.6 cm³/mol. The van der Waals surface area contributed by atoms with Crippen LogP contribution in [-0.4, -0.2) is 17.6 Å². The summed E-state index contributed by atoms with van der Waals surface area (Å²) in [5.74, 6) is -0.270. The number of ether oxygens (including phenoxy) is 1. The summed E-state index contributed by atoms with van der Waals surface area (Å²) in [7, 11) is 0. The van der Waals surface area contributed by atoms with Crippen molar-refractivity contribution in [2.45, 2.75) is 58.1 Å². The monoisotopic (exact) mass is 301 g/mol. The first-order valence-electron chi connectivity index (χ1n) is 8.23. The van der Waals surface area contributed by atoms with Crippen molar-refractivity contribution in [3.63, 3.8) is 0 Å². The molecule has 2 aliphatic rings. The fourth-order valence-corrected chi connectivity index (χ4v) is 3.65. The van der Waals surface area contributed by atoms with E-state index in [1.54, 1.807) is 17.0 Å². The van der Waals surface area contributed by atoms with Crippen LogP contribution in [0.4, 0.5) is 5.69 Å². The van der Waals surface area contributed by atoms with Gasteiger partial charge in [-0.3, -0.25) is 9.69 Å². The molecular formula is C18H23NO3. The van der Waals surface area contributed by atoms with Crippen LogP contribution in [0.5, 0.6) is 0 Å². The van der Waals surface area contributed by atoms with Gasteiger partial charge in [0.1, 0.15) is 0 Å². The van der Waals surface area contributed by atoms with E-state index < -0.39 is 5.72 Å². The molecule has 2 aliphatic heterocycles. The second-order valence-electron chi connectivity index (χ2n) is 6.51. The average Bonchev–Trinajstić information content (AvgIpc) is 2.75. The van der Waals surface area contributed by atoms with E-state index in [9.17, 15) is 9.59 Å². The number of nitrogens with zero attached hydrogens (tertiary/aromatic N) is 1. The third-order valence-electron chi connectivity index (χ3n) is 4.75. The molecule has 4 heteroatoms. The normalized spacial score (nSPS) is 26.6. The number of esters is 1. The third kappa shape index (κ3) is 2.40. The second kappa shape index (κ2) is 5.75. The zero-order chi connectivity index (χ0) is 15.7. The van der Waals surface area contributed by atoms with Crippen LogP contribution in [0, 0.1) is 5.92 Å². The molecule has 22 heavy (non-hydrogen) atoms. The number of carbonyl (C=O) groups is 2. The Kier molecular flexibility index (Phi) is 3.94. The molecule has 1 aromatic rings. The Labute approximate surface area is 131 Å². The first-order valence-corrected chi connectivity index (χ1v) is 8.23. The van der Waals surface area contributed by atoms with E-state index in [1.807, 2.05) is 19.1 Å². The van der Waals surface area contributed by atoms with Crippen molar-refractivity contribution < 1.29 is 14.3 Å². The molecule has 1 aromatic carbocycles. The minimum Gasteiger partial charge on any atom is -0.435 e. The van der Waals surface area contributed by atoms with Crippen LogP contribution in [0.15, 0.2) is 24.3 Å². The van der Waals surface area contributed by atoms with Crippen LogP contribution in [0.3, 0.4) is 0 Å². The topological polar surface area (TPSA) is 46.6 Å². The highest BCUT2D eigenvalue weighted by atomic mass is 16.6. The van der Waals surface area contributed by atoms with Crippen LogP contribution < -0.4 is 4.90 Å². The number of benzene rings is 1. The highest BCUT2D eigenvalue weighted by molar-refractivity contribution is 6.08. The molecule has 2 atom stereocenters. The fourth-order valence-electron chi connectivity index (χ4n) is 3.65. The molecule has 0 N–H and O–H groups in total. The first kappa shape index (κ1) is 15.1. The van der Waals surface area contributed by atoms with Crippen molar-refractivity contribution in [1.82, 2.24) is 0 Å². The standard InChI is InChI=1S/C18H23NO3/c1-3-4-5-6-9-13-12-18(2)19(16(13)20)15-11-8-7-10-14(15)17(21)22-18/h7-8,10-11,13H,3-6,9,12H2,1-2H3. The van der Waals surface area contributed by atoms with Gasteiger partial charge in [-0.1, -0.05) is 44.7 Å². The molecule has 0 aliphatic carbocycles. The Morgan fingerprint density at radius 2 is 2.00 bits per heavy atom. The van der Waals surface area contributed by atoms with Crippen LogP contribution in [0.1, 0.15) is 62.7 Å². The number of anilines is 1. The zero-order valence-electron chi connectivity index (χ0n) is 13.3. The fraction of sp³-hybridized carbons (Fsp3) is 0.556. The maximum atomic E-state index is 12.8. The molecule has 0 bridgehead atoms. The van der Waals surface area contributed by atoms with Crippen molar-refractivity contribution in [3.8, 4) is 0 Å². The Bertz CT molecular complexity index is 598. The van der Waals surface area contributed by atoms with E-state index >= 15 is 0 Å². The third-order valence-corrected chi connectivity index (χ3v) is 4.75. The van der Waals surface area contributed by atoms with Crippen LogP contribution in [0.2, 0.25) is 0 Å².